The van der Waals surface area contributed by atoms with E-state index in [4.69, 9.17) is 11.4 Å². The summed E-state index contributed by atoms with van der Waals surface area (Å²) in [7, 11) is 0. The monoisotopic (exact) mass is 846 g/mol. The molecule has 9 aromatic carbocycles. The van der Waals surface area contributed by atoms with E-state index in [0.29, 0.717) is 0 Å². The smallest absolute Gasteiger partial charge is 0.576 e. The number of hydrogen-bond acceptors (Lipinski definition) is 3. The highest BCUT2D eigenvalue weighted by Crippen LogP contribution is 2.49. The lowest BCUT2D eigenvalue weighted by molar-refractivity contribution is 0.310. The number of rotatable bonds is 12. The zero-order valence-electron chi connectivity index (χ0n) is 37.4. The highest BCUT2D eigenvalue weighted by Gasteiger charge is 2.48. The number of benzene rings is 9. The van der Waals surface area contributed by atoms with Gasteiger partial charge in [-0.1, -0.05) is 200 Å². The van der Waals surface area contributed by atoms with E-state index in [-0.39, 0.29) is 0 Å². The second-order valence-electron chi connectivity index (χ2n) is 16.6. The zero-order chi connectivity index (χ0) is 44.2. The van der Waals surface area contributed by atoms with Crippen LogP contribution in [0.5, 0.6) is 17.2 Å². The molecule has 0 aliphatic heterocycles. The minimum Gasteiger partial charge on any atom is -0.576 e. The van der Waals surface area contributed by atoms with Crippen LogP contribution in [0.3, 0.4) is 0 Å². The van der Waals surface area contributed by atoms with Crippen molar-refractivity contribution in [1.82, 2.24) is 0 Å². The zero-order valence-corrected chi connectivity index (χ0v) is 38.5. The van der Waals surface area contributed by atoms with Crippen LogP contribution in [-0.4, -0.2) is 15.1 Å². The Bertz CT molecular complexity index is 2520. The fraction of sp³-hybridized carbons (Fsp3) is 0.100. The van der Waals surface area contributed by atoms with Crippen LogP contribution in [0.2, 0.25) is 0 Å². The van der Waals surface area contributed by atoms with Gasteiger partial charge in [0.05, 0.1) is 0 Å². The number of hydrogen-bond donors (Lipinski definition) is 0. The van der Waals surface area contributed by atoms with Gasteiger partial charge in [-0.05, 0) is 108 Å². The van der Waals surface area contributed by atoms with Gasteiger partial charge in [-0.25, -0.2) is 0 Å². The highest BCUT2D eigenvalue weighted by molar-refractivity contribution is 6.40. The molecular weight excluding hydrogens is 796 g/mol. The molecule has 0 spiro atoms. The van der Waals surface area contributed by atoms with E-state index >= 15 is 0 Å². The molecule has 0 amide bonds. The van der Waals surface area contributed by atoms with Gasteiger partial charge in [-0.2, -0.15) is 0 Å². The minimum absolute atomic E-state index is 0.741. The molecule has 0 radical (unpaired) electrons. The third kappa shape index (κ3) is 8.51. The van der Waals surface area contributed by atoms with Crippen LogP contribution >= 0.6 is 0 Å². The molecule has 0 atom stereocenters. The lowest BCUT2D eigenvalue weighted by Crippen LogP contribution is -2.38. The normalized spacial score (nSPS) is 11.0. The average molecular weight is 847 g/mol. The summed E-state index contributed by atoms with van der Waals surface area (Å²) in [5.41, 5.74) is 19.0. The van der Waals surface area contributed by atoms with Crippen molar-refractivity contribution in [2.45, 2.75) is 41.5 Å². The molecule has 0 bridgehead atoms. The molecule has 0 aromatic heterocycles. The Morgan fingerprint density at radius 3 is 0.547 bits per heavy atom. The lowest BCUT2D eigenvalue weighted by Gasteiger charge is -2.28. The van der Waals surface area contributed by atoms with E-state index in [9.17, 15) is 0 Å². The van der Waals surface area contributed by atoms with E-state index in [0.717, 1.165) is 117 Å². The van der Waals surface area contributed by atoms with Crippen LogP contribution in [0.4, 0.5) is 0 Å². The third-order valence-electron chi connectivity index (χ3n) is 12.0. The molecule has 3 nitrogen and oxygen atoms in total. The lowest BCUT2D eigenvalue weighted by atomic mass is 9.90. The maximum atomic E-state index is 7.77. The molecule has 9 aromatic rings. The molecule has 0 saturated heterocycles. The van der Waals surface area contributed by atoms with Crippen LogP contribution in [0.25, 0.3) is 66.8 Å². The second-order valence-corrected chi connectivity index (χ2v) is 17.9. The summed E-state index contributed by atoms with van der Waals surface area (Å²) < 4.78 is 23.3. The largest absolute Gasteiger partial charge is 1.20 e. The van der Waals surface area contributed by atoms with E-state index < -0.39 is 15.1 Å². The van der Waals surface area contributed by atoms with E-state index in [2.05, 4.69) is 242 Å². The van der Waals surface area contributed by atoms with Crippen molar-refractivity contribution in [2.24, 2.45) is 0 Å². The van der Waals surface area contributed by atoms with Gasteiger partial charge in [0.25, 0.3) is 0 Å². The summed E-state index contributed by atoms with van der Waals surface area (Å²) in [5.74, 6) is 2.22. The SMILES string of the molecule is Cc1cc(C)c(-c2ccccc2)c([O][Al]([O]c2c(-c3ccccc3)c(C)cc(C)c2-c2ccccc2)[O]c2c(-c3ccccc3)c(C)cc(C)c2-c2ccccc2)c1-c1ccccc1. The van der Waals surface area contributed by atoms with Crippen LogP contribution in [0.1, 0.15) is 33.4 Å². The van der Waals surface area contributed by atoms with Gasteiger partial charge in [0.15, 0.2) is 0 Å². The third-order valence-corrected chi connectivity index (χ3v) is 13.3. The van der Waals surface area contributed by atoms with Crippen molar-refractivity contribution in [3.05, 3.63) is 234 Å². The van der Waals surface area contributed by atoms with Crippen molar-refractivity contribution in [2.75, 3.05) is 0 Å². The van der Waals surface area contributed by atoms with Gasteiger partial charge < -0.3 is 11.4 Å². The van der Waals surface area contributed by atoms with Crippen LogP contribution in [-0.2, 0) is 0 Å². The van der Waals surface area contributed by atoms with Crippen molar-refractivity contribution in [3.63, 3.8) is 0 Å². The molecule has 0 unspecified atom stereocenters. The first kappa shape index (κ1) is 42.2. The van der Waals surface area contributed by atoms with Gasteiger partial charge in [0, 0.05) is 33.4 Å². The Labute approximate surface area is 383 Å². The highest BCUT2D eigenvalue weighted by atomic mass is 27.3. The second kappa shape index (κ2) is 18.7. The molecule has 0 fully saturated rings. The quantitative estimate of drug-likeness (QED) is 0.115. The Morgan fingerprint density at radius 2 is 0.391 bits per heavy atom. The Morgan fingerprint density at radius 1 is 0.234 bits per heavy atom. The van der Waals surface area contributed by atoms with Crippen LogP contribution < -0.4 is 11.4 Å². The molecule has 312 valence electrons. The molecule has 0 saturated carbocycles. The van der Waals surface area contributed by atoms with Gasteiger partial charge in [0.2, 0.25) is 0 Å². The molecule has 64 heavy (non-hydrogen) atoms. The summed E-state index contributed by atoms with van der Waals surface area (Å²) in [5, 5.41) is 0. The minimum atomic E-state index is -3.45. The first-order valence-corrected chi connectivity index (χ1v) is 23.4. The molecule has 0 aliphatic rings. The Hall–Kier alpha value is -7.09. The van der Waals surface area contributed by atoms with E-state index in [1.54, 1.807) is 0 Å². The van der Waals surface area contributed by atoms with Crippen molar-refractivity contribution >= 4 is 15.1 Å². The summed E-state index contributed by atoms with van der Waals surface area (Å²) in [6.45, 7) is 13.0. The summed E-state index contributed by atoms with van der Waals surface area (Å²) >= 11 is -3.45. The predicted molar refractivity (Wildman–Crippen MR) is 268 cm³/mol. The topological polar surface area (TPSA) is 27.7 Å². The van der Waals surface area contributed by atoms with Crippen LogP contribution in [0.15, 0.2) is 200 Å². The maximum Gasteiger partial charge on any atom is 1.20 e. The summed E-state index contributed by atoms with van der Waals surface area (Å²) in [6.07, 6.45) is 0. The summed E-state index contributed by atoms with van der Waals surface area (Å²) in [4.78, 5) is 0. The fourth-order valence-corrected chi connectivity index (χ4v) is 10.8. The predicted octanol–water partition coefficient (Wildman–Crippen LogP) is 16.1. The van der Waals surface area contributed by atoms with E-state index in [1.165, 1.54) is 0 Å². The molecule has 0 N–H and O–H groups in total. The summed E-state index contributed by atoms with van der Waals surface area (Å²) in [6, 6.07) is 70.1. The molecule has 4 heteroatoms. The van der Waals surface area contributed by atoms with Crippen molar-refractivity contribution in [1.29, 1.82) is 0 Å². The molecule has 0 aliphatic carbocycles. The van der Waals surface area contributed by atoms with Crippen LogP contribution in [0, 0.1) is 41.5 Å². The maximum absolute atomic E-state index is 7.77. The fourth-order valence-electron chi connectivity index (χ4n) is 9.35. The standard InChI is InChI=1S/3C20H18O.Al/c3*1-14-13-15(2)19(17-11-7-4-8-12-17)20(21)18(14)16-9-5-3-6-10-16;/h3*3-13,21H,1-2H3;/q;;;+3/p-3. The molecule has 0 heterocycles. The first-order valence-electron chi connectivity index (χ1n) is 22.0. The Kier molecular flexibility index (Phi) is 12.3. The molecular formula is C60H51AlO3. The number of aryl methyl sites for hydroxylation is 6. The van der Waals surface area contributed by atoms with Gasteiger partial charge >= 0.3 is 15.1 Å². The van der Waals surface area contributed by atoms with Crippen molar-refractivity contribution < 1.29 is 11.4 Å². The van der Waals surface area contributed by atoms with E-state index in [1.807, 2.05) is 0 Å². The van der Waals surface area contributed by atoms with Gasteiger partial charge in [0.1, 0.15) is 17.2 Å². The average Bonchev–Trinajstić information content (AvgIpc) is 3.31. The Balaban J connectivity index is 1.37. The molecule has 9 rings (SSSR count). The van der Waals surface area contributed by atoms with Crippen molar-refractivity contribution in [3.8, 4) is 84.0 Å². The first-order chi connectivity index (χ1) is 31.3. The van der Waals surface area contributed by atoms with Gasteiger partial charge in [-0.15, -0.1) is 0 Å². The van der Waals surface area contributed by atoms with Gasteiger partial charge in [-0.3, -0.25) is 0 Å².